The van der Waals surface area contributed by atoms with E-state index >= 15 is 0 Å². The van der Waals surface area contributed by atoms with Gasteiger partial charge in [-0.2, -0.15) is 0 Å². The first kappa shape index (κ1) is 33.1. The highest BCUT2D eigenvalue weighted by atomic mass is 28.4. The maximum Gasteiger partial charge on any atom is 0.500 e. The molecule has 0 radical (unpaired) electrons. The van der Waals surface area contributed by atoms with E-state index in [4.69, 9.17) is 32.3 Å². The molecule has 0 atom stereocenters. The molecule has 5 N–H and O–H groups in total. The Kier molecular flexibility index (Phi) is 20.8. The lowest BCUT2D eigenvalue weighted by molar-refractivity contribution is 0.122. The van der Waals surface area contributed by atoms with Crippen molar-refractivity contribution in [2.45, 2.75) is 24.9 Å². The summed E-state index contributed by atoms with van der Waals surface area (Å²) >= 11 is 0. The van der Waals surface area contributed by atoms with Crippen molar-refractivity contribution in [1.82, 2.24) is 10.6 Å². The fraction of sp³-hybridized carbons (Fsp3) is 0.727. The van der Waals surface area contributed by atoms with Gasteiger partial charge in [-0.1, -0.05) is 18.2 Å². The third-order valence-corrected chi connectivity index (χ3v) is 10.9. The van der Waals surface area contributed by atoms with Gasteiger partial charge in [0.2, 0.25) is 0 Å². The van der Waals surface area contributed by atoms with Gasteiger partial charge in [0.25, 0.3) is 0 Å². The molecule has 0 aliphatic heterocycles. The highest BCUT2D eigenvalue weighted by Crippen LogP contribution is 2.15. The van der Waals surface area contributed by atoms with E-state index in [-0.39, 0.29) is 0 Å². The van der Waals surface area contributed by atoms with E-state index in [9.17, 15) is 0 Å². The molecule has 0 amide bonds. The average molecular weight is 521 g/mol. The minimum absolute atomic E-state index is 0.684. The Morgan fingerprint density at radius 2 is 1.06 bits per heavy atom. The van der Waals surface area contributed by atoms with Crippen molar-refractivity contribution in [1.29, 1.82) is 0 Å². The third kappa shape index (κ3) is 14.5. The molecule has 1 aromatic rings. The molecule has 0 saturated heterocycles. The molecule has 10 nitrogen and oxygen atoms in total. The van der Waals surface area contributed by atoms with Crippen LogP contribution in [0.5, 0.6) is 0 Å². The van der Waals surface area contributed by atoms with Crippen molar-refractivity contribution >= 4 is 23.3 Å². The van der Waals surface area contributed by atoms with Crippen molar-refractivity contribution in [3.05, 3.63) is 30.3 Å². The minimum atomic E-state index is -2.40. The Morgan fingerprint density at radius 1 is 0.618 bits per heavy atom. The van der Waals surface area contributed by atoms with Crippen LogP contribution in [0.2, 0.25) is 12.1 Å². The van der Waals surface area contributed by atoms with E-state index in [1.165, 1.54) is 0 Å². The lowest BCUT2D eigenvalue weighted by atomic mass is 10.3. The molecule has 0 aliphatic carbocycles. The Labute approximate surface area is 208 Å². The van der Waals surface area contributed by atoms with Gasteiger partial charge in [-0.15, -0.1) is 0 Å². The number of para-hydroxylation sites is 1. The molecule has 0 heterocycles. The average Bonchev–Trinajstić information content (AvgIpc) is 2.90. The van der Waals surface area contributed by atoms with Crippen LogP contribution in [-0.4, -0.2) is 99.5 Å². The van der Waals surface area contributed by atoms with Gasteiger partial charge in [0.15, 0.2) is 0 Å². The normalized spacial score (nSPS) is 11.7. The molecule has 0 aromatic heterocycles. The monoisotopic (exact) mass is 520 g/mol. The summed E-state index contributed by atoms with van der Waals surface area (Å²) in [5.41, 5.74) is 6.50. The van der Waals surface area contributed by atoms with Crippen molar-refractivity contribution < 1.29 is 26.6 Å². The molecular formula is C22H48N4O6Si2. The fourth-order valence-corrected chi connectivity index (χ4v) is 6.61. The number of hydrogen-bond donors (Lipinski definition) is 4. The van der Waals surface area contributed by atoms with E-state index in [1.54, 1.807) is 42.7 Å². The largest absolute Gasteiger partial charge is 0.500 e. The van der Waals surface area contributed by atoms with E-state index in [2.05, 4.69) is 16.0 Å². The molecule has 1 aromatic carbocycles. The predicted molar refractivity (Wildman–Crippen MR) is 142 cm³/mol. The van der Waals surface area contributed by atoms with Gasteiger partial charge in [-0.25, -0.2) is 0 Å². The maximum absolute atomic E-state index is 5.36. The van der Waals surface area contributed by atoms with Gasteiger partial charge in [0.1, 0.15) is 0 Å². The zero-order valence-electron chi connectivity index (χ0n) is 22.0. The molecule has 0 aliphatic rings. The van der Waals surface area contributed by atoms with Crippen LogP contribution in [0.15, 0.2) is 30.3 Å². The van der Waals surface area contributed by atoms with Crippen LogP contribution >= 0.6 is 0 Å². The molecule has 0 unspecified atom stereocenters. The second kappa shape index (κ2) is 21.4. The quantitative estimate of drug-likeness (QED) is 0.150. The first-order valence-corrected chi connectivity index (χ1v) is 15.6. The fourth-order valence-electron chi connectivity index (χ4n) is 3.16. The second-order valence-corrected chi connectivity index (χ2v) is 13.6. The van der Waals surface area contributed by atoms with Gasteiger partial charge >= 0.3 is 17.6 Å². The number of nitrogens with one attached hydrogen (secondary N) is 3. The van der Waals surface area contributed by atoms with Crippen LogP contribution in [0, 0.1) is 0 Å². The van der Waals surface area contributed by atoms with Crippen molar-refractivity contribution in [2.75, 3.05) is 87.2 Å². The highest BCUT2D eigenvalue weighted by Gasteiger charge is 2.37. The number of rotatable bonds is 20. The molecule has 0 saturated carbocycles. The summed E-state index contributed by atoms with van der Waals surface area (Å²) < 4.78 is 32.1. The number of benzene rings is 1. The maximum atomic E-state index is 5.36. The van der Waals surface area contributed by atoms with Crippen molar-refractivity contribution in [2.24, 2.45) is 5.73 Å². The van der Waals surface area contributed by atoms with Gasteiger partial charge in [0.05, 0.1) is 0 Å². The zero-order chi connectivity index (χ0) is 25.5. The predicted octanol–water partition coefficient (Wildman–Crippen LogP) is 1.76. The Hall–Kier alpha value is -0.906. The van der Waals surface area contributed by atoms with Crippen LogP contribution in [0.25, 0.3) is 0 Å². The topological polar surface area (TPSA) is 117 Å². The molecule has 1 rings (SSSR count). The van der Waals surface area contributed by atoms with Crippen LogP contribution in [-0.2, 0) is 26.6 Å². The van der Waals surface area contributed by atoms with Gasteiger partial charge in [-0.3, -0.25) is 0 Å². The van der Waals surface area contributed by atoms with E-state index in [0.717, 1.165) is 63.3 Å². The zero-order valence-corrected chi connectivity index (χ0v) is 24.0. The number of hydrogen-bond acceptors (Lipinski definition) is 10. The third-order valence-electron chi connectivity index (χ3n) is 5.26. The highest BCUT2D eigenvalue weighted by molar-refractivity contribution is 6.60. The Bertz CT molecular complexity index is 553. The van der Waals surface area contributed by atoms with E-state index in [1.807, 2.05) is 30.3 Å². The van der Waals surface area contributed by atoms with E-state index < -0.39 is 17.6 Å². The summed E-state index contributed by atoms with van der Waals surface area (Å²) in [6, 6.07) is 11.8. The standard InChI is InChI=1S/C12H21NO3Si.C10H27N3O3Si/c1-14-17(15-2,16-3)11-7-10-13-12-8-5-4-6-9-12;1-14-17(15-2,16-3)10-4-6-12-8-9-13-7-5-11/h4-6,8-9,13H,7,10-11H2,1-3H3;12-13H,4-11H2,1-3H3. The van der Waals surface area contributed by atoms with Gasteiger partial charge in [0, 0.05) is 93.2 Å². The number of anilines is 1. The molecule has 34 heavy (non-hydrogen) atoms. The molecule has 200 valence electrons. The molecule has 0 spiro atoms. The first-order chi connectivity index (χ1) is 16.5. The first-order valence-electron chi connectivity index (χ1n) is 11.7. The second-order valence-electron chi connectivity index (χ2n) is 7.38. The summed E-state index contributed by atoms with van der Waals surface area (Å²) in [4.78, 5) is 0. The van der Waals surface area contributed by atoms with Crippen LogP contribution in [0.1, 0.15) is 12.8 Å². The summed E-state index contributed by atoms with van der Waals surface area (Å²) in [5.74, 6) is 0. The van der Waals surface area contributed by atoms with Crippen LogP contribution < -0.4 is 21.7 Å². The Morgan fingerprint density at radius 3 is 1.50 bits per heavy atom. The summed E-state index contributed by atoms with van der Waals surface area (Å²) in [6.45, 7) is 5.27. The SMILES string of the molecule is CO[Si](CCCNCCNCCN)(OC)OC.CO[Si](CCCNc1ccccc1)(OC)OC. The van der Waals surface area contributed by atoms with Crippen LogP contribution in [0.3, 0.4) is 0 Å². The summed E-state index contributed by atoms with van der Waals surface area (Å²) in [5, 5.41) is 9.91. The van der Waals surface area contributed by atoms with Gasteiger partial charge < -0.3 is 48.2 Å². The summed E-state index contributed by atoms with van der Waals surface area (Å²) in [6.07, 6.45) is 1.94. The lowest BCUT2D eigenvalue weighted by Crippen LogP contribution is -2.43. The van der Waals surface area contributed by atoms with Crippen molar-refractivity contribution in [3.8, 4) is 0 Å². The van der Waals surface area contributed by atoms with Crippen molar-refractivity contribution in [3.63, 3.8) is 0 Å². The number of nitrogens with two attached hydrogens (primary N) is 1. The minimum Gasteiger partial charge on any atom is -0.385 e. The lowest BCUT2D eigenvalue weighted by Gasteiger charge is -2.24. The van der Waals surface area contributed by atoms with E-state index in [0.29, 0.717) is 6.54 Å². The van der Waals surface area contributed by atoms with Crippen LogP contribution in [0.4, 0.5) is 5.69 Å². The summed E-state index contributed by atoms with van der Waals surface area (Å²) in [7, 11) is 5.09. The van der Waals surface area contributed by atoms with Gasteiger partial charge in [-0.05, 0) is 31.5 Å². The molecule has 12 heteroatoms. The molecule has 0 bridgehead atoms. The molecule has 0 fully saturated rings. The molecular weight excluding hydrogens is 472 g/mol. The smallest absolute Gasteiger partial charge is 0.385 e. The Balaban J connectivity index is 0.000000641.